The number of nitrogens with one attached hydrogen (secondary N) is 1. The molecule has 1 aromatic carbocycles. The van der Waals surface area contributed by atoms with Gasteiger partial charge in [-0.15, -0.1) is 0 Å². The van der Waals surface area contributed by atoms with Crippen molar-refractivity contribution in [3.05, 3.63) is 54.2 Å². The molecule has 1 fully saturated rings. The molecule has 0 amide bonds. The van der Waals surface area contributed by atoms with E-state index in [4.69, 9.17) is 14.2 Å². The van der Waals surface area contributed by atoms with Crippen LogP contribution in [0.1, 0.15) is 24.8 Å². The van der Waals surface area contributed by atoms with E-state index in [1.54, 1.807) is 0 Å². The fourth-order valence-electron chi connectivity index (χ4n) is 3.51. The third-order valence-electron chi connectivity index (χ3n) is 5.38. The molecule has 7 heteroatoms. The maximum atomic E-state index is 5.66. The lowest BCUT2D eigenvalue weighted by Gasteiger charge is -2.26. The van der Waals surface area contributed by atoms with Gasteiger partial charge < -0.3 is 24.4 Å². The minimum absolute atomic E-state index is 0.448. The first-order valence-electron chi connectivity index (χ1n) is 11.0. The van der Waals surface area contributed by atoms with Crippen molar-refractivity contribution in [1.82, 2.24) is 15.2 Å². The number of guanidine groups is 1. The van der Waals surface area contributed by atoms with Gasteiger partial charge in [0.2, 0.25) is 5.88 Å². The molecule has 0 bridgehead atoms. The van der Waals surface area contributed by atoms with Gasteiger partial charge in [-0.3, -0.25) is 4.99 Å². The van der Waals surface area contributed by atoms with Crippen molar-refractivity contribution in [2.24, 2.45) is 10.9 Å². The predicted molar refractivity (Wildman–Crippen MR) is 123 cm³/mol. The van der Waals surface area contributed by atoms with Gasteiger partial charge in [-0.05, 0) is 42.9 Å². The fourth-order valence-corrected chi connectivity index (χ4v) is 3.51. The van der Waals surface area contributed by atoms with Gasteiger partial charge in [0, 0.05) is 52.7 Å². The minimum atomic E-state index is 0.448. The van der Waals surface area contributed by atoms with Crippen LogP contribution in [-0.2, 0) is 11.3 Å². The number of aromatic nitrogens is 1. The van der Waals surface area contributed by atoms with E-state index in [1.165, 1.54) is 19.3 Å². The lowest BCUT2D eigenvalue weighted by atomic mass is 9.96. The van der Waals surface area contributed by atoms with Gasteiger partial charge in [-0.1, -0.05) is 24.3 Å². The lowest BCUT2D eigenvalue weighted by molar-refractivity contribution is 0.0625. The Morgan fingerprint density at radius 1 is 1.13 bits per heavy atom. The first-order chi connectivity index (χ1) is 15.2. The number of pyridine rings is 1. The first-order valence-corrected chi connectivity index (χ1v) is 11.0. The van der Waals surface area contributed by atoms with Crippen molar-refractivity contribution < 1.29 is 14.2 Å². The summed E-state index contributed by atoms with van der Waals surface area (Å²) in [5.74, 6) is 3.08. The van der Waals surface area contributed by atoms with Gasteiger partial charge in [-0.25, -0.2) is 4.98 Å². The summed E-state index contributed by atoms with van der Waals surface area (Å²) in [5, 5.41) is 3.41. The van der Waals surface area contributed by atoms with E-state index in [2.05, 4.69) is 27.2 Å². The zero-order valence-electron chi connectivity index (χ0n) is 18.6. The molecule has 0 radical (unpaired) electrons. The number of rotatable bonds is 10. The Morgan fingerprint density at radius 3 is 2.61 bits per heavy atom. The number of ether oxygens (including phenoxy) is 3. The first kappa shape index (κ1) is 22.9. The fraction of sp³-hybridized carbons (Fsp3) is 0.500. The van der Waals surface area contributed by atoms with Crippen LogP contribution in [0.15, 0.2) is 53.7 Å². The number of benzene rings is 1. The summed E-state index contributed by atoms with van der Waals surface area (Å²) >= 11 is 0. The van der Waals surface area contributed by atoms with Gasteiger partial charge in [0.1, 0.15) is 19.0 Å². The highest BCUT2D eigenvalue weighted by molar-refractivity contribution is 5.79. The van der Waals surface area contributed by atoms with Gasteiger partial charge in [0.15, 0.2) is 5.96 Å². The summed E-state index contributed by atoms with van der Waals surface area (Å²) in [6.45, 7) is 4.37. The van der Waals surface area contributed by atoms with Crippen LogP contribution in [0.3, 0.4) is 0 Å². The molecule has 0 spiro atoms. The third kappa shape index (κ3) is 8.09. The topological polar surface area (TPSA) is 68.2 Å². The number of aliphatic imine (C=N–C) groups is 1. The minimum Gasteiger partial charge on any atom is -0.490 e. The smallest absolute Gasteiger partial charge is 0.213 e. The van der Waals surface area contributed by atoms with Crippen LogP contribution in [0.25, 0.3) is 0 Å². The maximum Gasteiger partial charge on any atom is 0.213 e. The van der Waals surface area contributed by atoms with Crippen LogP contribution in [0.2, 0.25) is 0 Å². The van der Waals surface area contributed by atoms with E-state index in [0.29, 0.717) is 25.6 Å². The number of nitrogens with zero attached hydrogens (tertiary/aromatic N) is 3. The summed E-state index contributed by atoms with van der Waals surface area (Å²) in [6, 6.07) is 13.6. The molecule has 31 heavy (non-hydrogen) atoms. The van der Waals surface area contributed by atoms with Crippen LogP contribution in [0.5, 0.6) is 11.6 Å². The van der Waals surface area contributed by atoms with Crippen LogP contribution in [-0.4, -0.2) is 62.9 Å². The van der Waals surface area contributed by atoms with E-state index >= 15 is 0 Å². The lowest BCUT2D eigenvalue weighted by Crippen LogP contribution is -2.39. The average Bonchev–Trinajstić information content (AvgIpc) is 2.83. The second kappa shape index (κ2) is 12.8. The molecular formula is C24H34N4O3. The Morgan fingerprint density at radius 2 is 1.90 bits per heavy atom. The van der Waals surface area contributed by atoms with E-state index in [-0.39, 0.29) is 0 Å². The van der Waals surface area contributed by atoms with Crippen molar-refractivity contribution in [3.63, 3.8) is 0 Å². The van der Waals surface area contributed by atoms with Crippen molar-refractivity contribution >= 4 is 5.96 Å². The van der Waals surface area contributed by atoms with E-state index in [0.717, 1.165) is 42.9 Å². The molecule has 2 heterocycles. The Hall–Kier alpha value is -2.80. The van der Waals surface area contributed by atoms with Gasteiger partial charge in [0.05, 0.1) is 0 Å². The number of para-hydroxylation sites is 1. The molecule has 1 saturated heterocycles. The molecule has 7 nitrogen and oxygen atoms in total. The highest BCUT2D eigenvalue weighted by atomic mass is 16.5. The molecule has 0 aliphatic carbocycles. The molecular weight excluding hydrogens is 392 g/mol. The Bertz CT molecular complexity index is 777. The summed E-state index contributed by atoms with van der Waals surface area (Å²) in [6.07, 6.45) is 5.33. The molecule has 0 unspecified atom stereocenters. The van der Waals surface area contributed by atoms with Crippen LogP contribution in [0.4, 0.5) is 0 Å². The monoisotopic (exact) mass is 426 g/mol. The molecule has 168 valence electrons. The molecule has 1 aromatic heterocycles. The van der Waals surface area contributed by atoms with Gasteiger partial charge in [0.25, 0.3) is 0 Å². The number of hydrogen-bond donors (Lipinski definition) is 1. The van der Waals surface area contributed by atoms with Crippen molar-refractivity contribution in [2.75, 3.05) is 47.1 Å². The molecule has 0 atom stereocenters. The van der Waals surface area contributed by atoms with Gasteiger partial charge in [-0.2, -0.15) is 0 Å². The van der Waals surface area contributed by atoms with E-state index < -0.39 is 0 Å². The quantitative estimate of drug-likeness (QED) is 0.357. The molecule has 1 aliphatic rings. The summed E-state index contributed by atoms with van der Waals surface area (Å²) in [7, 11) is 3.90. The SMILES string of the molecule is CN=C(NCc1ccc(OCCOc2ccccc2)nc1)N(C)CCC1CCOCC1. The largest absolute Gasteiger partial charge is 0.490 e. The molecule has 1 N–H and O–H groups in total. The Kier molecular flexibility index (Phi) is 9.44. The molecule has 1 aliphatic heterocycles. The average molecular weight is 427 g/mol. The second-order valence-corrected chi connectivity index (χ2v) is 7.68. The van der Waals surface area contributed by atoms with E-state index in [1.807, 2.05) is 55.7 Å². The van der Waals surface area contributed by atoms with Crippen LogP contribution < -0.4 is 14.8 Å². The second-order valence-electron chi connectivity index (χ2n) is 7.68. The molecule has 0 saturated carbocycles. The standard InChI is InChI=1S/C24H34N4O3/c1-25-24(28(2)13-10-20-11-14-29-15-12-20)27-19-21-8-9-23(26-18-21)31-17-16-30-22-6-4-3-5-7-22/h3-9,18,20H,10-17,19H2,1-2H3,(H,25,27). The summed E-state index contributed by atoms with van der Waals surface area (Å²) in [4.78, 5) is 11.0. The zero-order chi connectivity index (χ0) is 21.7. The molecule has 2 aromatic rings. The zero-order valence-corrected chi connectivity index (χ0v) is 18.6. The maximum absolute atomic E-state index is 5.66. The third-order valence-corrected chi connectivity index (χ3v) is 5.38. The highest BCUT2D eigenvalue weighted by Gasteiger charge is 2.15. The number of hydrogen-bond acceptors (Lipinski definition) is 5. The molecule has 3 rings (SSSR count). The normalized spacial score (nSPS) is 14.8. The van der Waals surface area contributed by atoms with Crippen LogP contribution in [0, 0.1) is 5.92 Å². The van der Waals surface area contributed by atoms with Crippen molar-refractivity contribution in [2.45, 2.75) is 25.8 Å². The highest BCUT2D eigenvalue weighted by Crippen LogP contribution is 2.18. The van der Waals surface area contributed by atoms with Gasteiger partial charge >= 0.3 is 0 Å². The van der Waals surface area contributed by atoms with E-state index in [9.17, 15) is 0 Å². The predicted octanol–water partition coefficient (Wildman–Crippen LogP) is 3.36. The Labute approximate surface area is 185 Å². The summed E-state index contributed by atoms with van der Waals surface area (Å²) < 4.78 is 16.7. The van der Waals surface area contributed by atoms with Crippen molar-refractivity contribution in [1.29, 1.82) is 0 Å². The van der Waals surface area contributed by atoms with Crippen molar-refractivity contribution in [3.8, 4) is 11.6 Å². The summed E-state index contributed by atoms with van der Waals surface area (Å²) in [5.41, 5.74) is 1.08. The van der Waals surface area contributed by atoms with Crippen LogP contribution >= 0.6 is 0 Å². The Balaban J connectivity index is 1.35.